The first kappa shape index (κ1) is 28.7. The molecule has 2 aliphatic heterocycles. The molecule has 2 N–H and O–H groups in total. The normalized spacial score (nSPS) is 17.4. The molecule has 3 atom stereocenters. The Labute approximate surface area is 234 Å². The van der Waals surface area contributed by atoms with E-state index in [1.807, 2.05) is 51.4 Å². The number of aryl methyl sites for hydroxylation is 1. The van der Waals surface area contributed by atoms with Gasteiger partial charge in [-0.05, 0) is 53.8 Å². The van der Waals surface area contributed by atoms with E-state index in [1.165, 1.54) is 6.92 Å². The molecule has 0 aromatic heterocycles. The number of Topliss-reactive ketones (excluding diaryl/α,β-unsaturated/α-hetero) is 1. The minimum absolute atomic E-state index is 0.0291. The number of amides is 3. The SMILES string of the molecule is COc1cc2c(cc1C)N=C[C@@H]1CC(c3ccc(NC(=O)[C@H](C)CC(=O)C(NC(C)=O)C(C)C)cc3)=CN1C2=O. The van der Waals surface area contributed by atoms with E-state index in [0.29, 0.717) is 29.1 Å². The van der Waals surface area contributed by atoms with Crippen LogP contribution in [0.5, 0.6) is 5.75 Å². The number of rotatable bonds is 9. The van der Waals surface area contributed by atoms with E-state index < -0.39 is 12.0 Å². The lowest BCUT2D eigenvalue weighted by Gasteiger charge is -2.22. The molecule has 2 heterocycles. The largest absolute Gasteiger partial charge is 0.496 e. The van der Waals surface area contributed by atoms with E-state index in [2.05, 4.69) is 15.6 Å². The van der Waals surface area contributed by atoms with Crippen molar-refractivity contribution < 1.29 is 23.9 Å². The Hall–Kier alpha value is -4.27. The summed E-state index contributed by atoms with van der Waals surface area (Å²) in [7, 11) is 1.58. The van der Waals surface area contributed by atoms with Crippen molar-refractivity contribution in [1.82, 2.24) is 10.2 Å². The van der Waals surface area contributed by atoms with Gasteiger partial charge < -0.3 is 20.3 Å². The van der Waals surface area contributed by atoms with E-state index >= 15 is 0 Å². The number of nitrogens with zero attached hydrogens (tertiary/aromatic N) is 2. The van der Waals surface area contributed by atoms with Crippen molar-refractivity contribution in [2.24, 2.45) is 16.8 Å². The Bertz CT molecular complexity index is 1390. The summed E-state index contributed by atoms with van der Waals surface area (Å²) >= 11 is 0. The van der Waals surface area contributed by atoms with Crippen LogP contribution >= 0.6 is 0 Å². The fourth-order valence-corrected chi connectivity index (χ4v) is 5.03. The second-order valence-electron chi connectivity index (χ2n) is 10.8. The van der Waals surface area contributed by atoms with E-state index in [4.69, 9.17) is 4.74 Å². The van der Waals surface area contributed by atoms with Gasteiger partial charge in [0.25, 0.3) is 5.91 Å². The Morgan fingerprint density at radius 3 is 2.45 bits per heavy atom. The molecule has 9 nitrogen and oxygen atoms in total. The van der Waals surface area contributed by atoms with Crippen LogP contribution in [-0.2, 0) is 14.4 Å². The quantitative estimate of drug-likeness (QED) is 0.476. The van der Waals surface area contributed by atoms with Gasteiger partial charge in [0.05, 0.1) is 30.4 Å². The number of carbonyl (C=O) groups excluding carboxylic acids is 4. The van der Waals surface area contributed by atoms with Crippen LogP contribution in [0.25, 0.3) is 5.57 Å². The number of ether oxygens (including phenoxy) is 1. The molecule has 0 spiro atoms. The third kappa shape index (κ3) is 6.14. The van der Waals surface area contributed by atoms with Crippen molar-refractivity contribution >= 4 is 46.7 Å². The van der Waals surface area contributed by atoms with Crippen LogP contribution in [0.15, 0.2) is 47.6 Å². The summed E-state index contributed by atoms with van der Waals surface area (Å²) in [5.41, 5.74) is 4.59. The van der Waals surface area contributed by atoms with Crippen LogP contribution in [0.3, 0.4) is 0 Å². The monoisotopic (exact) mass is 544 g/mol. The topological polar surface area (TPSA) is 117 Å². The number of aliphatic imine (C=N–C) groups is 1. The number of ketones is 1. The lowest BCUT2D eigenvalue weighted by Crippen LogP contribution is -2.44. The van der Waals surface area contributed by atoms with Crippen LogP contribution in [0.4, 0.5) is 11.4 Å². The number of nitrogens with one attached hydrogen (secondary N) is 2. The maximum Gasteiger partial charge on any atom is 0.260 e. The first-order valence-corrected chi connectivity index (χ1v) is 13.5. The molecule has 2 aliphatic rings. The molecule has 0 saturated heterocycles. The molecule has 40 heavy (non-hydrogen) atoms. The van der Waals surface area contributed by atoms with Crippen molar-refractivity contribution in [1.29, 1.82) is 0 Å². The number of hydrogen-bond acceptors (Lipinski definition) is 6. The Kier molecular flexibility index (Phi) is 8.52. The maximum absolute atomic E-state index is 13.4. The molecule has 2 aromatic rings. The third-order valence-corrected chi connectivity index (χ3v) is 7.30. The van der Waals surface area contributed by atoms with Gasteiger partial charge in [0, 0.05) is 43.8 Å². The summed E-state index contributed by atoms with van der Waals surface area (Å²) in [6.45, 7) is 8.71. The van der Waals surface area contributed by atoms with Gasteiger partial charge in [0.2, 0.25) is 11.8 Å². The van der Waals surface area contributed by atoms with Gasteiger partial charge >= 0.3 is 0 Å². The first-order chi connectivity index (χ1) is 19.0. The number of fused-ring (bicyclic) bond motifs is 2. The molecule has 0 radical (unpaired) electrons. The number of hydrogen-bond donors (Lipinski definition) is 2. The molecule has 0 saturated carbocycles. The Morgan fingerprint density at radius 2 is 1.82 bits per heavy atom. The molecule has 9 heteroatoms. The summed E-state index contributed by atoms with van der Waals surface area (Å²) in [6, 6.07) is 10.2. The van der Waals surface area contributed by atoms with E-state index in [1.54, 1.807) is 37.1 Å². The van der Waals surface area contributed by atoms with Crippen LogP contribution in [0.1, 0.15) is 62.0 Å². The van der Waals surface area contributed by atoms with E-state index in [-0.39, 0.29) is 41.9 Å². The zero-order valence-electron chi connectivity index (χ0n) is 23.8. The van der Waals surface area contributed by atoms with Gasteiger partial charge in [-0.15, -0.1) is 0 Å². The van der Waals surface area contributed by atoms with E-state index in [9.17, 15) is 19.2 Å². The average Bonchev–Trinajstić information content (AvgIpc) is 3.29. The van der Waals surface area contributed by atoms with Crippen LogP contribution in [0, 0.1) is 18.8 Å². The average molecular weight is 545 g/mol. The number of methoxy groups -OCH3 is 1. The molecular weight excluding hydrogens is 508 g/mol. The smallest absolute Gasteiger partial charge is 0.260 e. The van der Waals surface area contributed by atoms with Crippen molar-refractivity contribution in [2.75, 3.05) is 12.4 Å². The van der Waals surface area contributed by atoms with Gasteiger partial charge in [-0.2, -0.15) is 0 Å². The summed E-state index contributed by atoms with van der Waals surface area (Å²) in [5.74, 6) is -0.828. The van der Waals surface area contributed by atoms with Crippen LogP contribution < -0.4 is 15.4 Å². The molecule has 3 amide bonds. The second-order valence-corrected chi connectivity index (χ2v) is 10.8. The highest BCUT2D eigenvalue weighted by atomic mass is 16.5. The molecule has 210 valence electrons. The molecule has 0 bridgehead atoms. The predicted molar refractivity (Wildman–Crippen MR) is 155 cm³/mol. The summed E-state index contributed by atoms with van der Waals surface area (Å²) in [5, 5.41) is 5.55. The van der Waals surface area contributed by atoms with Crippen molar-refractivity contribution in [3.63, 3.8) is 0 Å². The summed E-state index contributed by atoms with van der Waals surface area (Å²) in [4.78, 5) is 56.6. The van der Waals surface area contributed by atoms with Gasteiger partial charge in [-0.3, -0.25) is 24.2 Å². The molecular formula is C31H36N4O5. The number of benzene rings is 2. The minimum atomic E-state index is -0.619. The van der Waals surface area contributed by atoms with Crippen molar-refractivity contribution in [2.45, 2.75) is 59.5 Å². The third-order valence-electron chi connectivity index (χ3n) is 7.30. The molecule has 4 rings (SSSR count). The Morgan fingerprint density at radius 1 is 1.12 bits per heavy atom. The van der Waals surface area contributed by atoms with E-state index in [0.717, 1.165) is 16.7 Å². The van der Waals surface area contributed by atoms with Gasteiger partial charge in [-0.1, -0.05) is 32.9 Å². The highest BCUT2D eigenvalue weighted by Gasteiger charge is 2.33. The summed E-state index contributed by atoms with van der Waals surface area (Å²) < 4.78 is 5.41. The zero-order chi connectivity index (χ0) is 29.1. The minimum Gasteiger partial charge on any atom is -0.496 e. The molecule has 0 fully saturated rings. The highest BCUT2D eigenvalue weighted by molar-refractivity contribution is 6.05. The molecule has 1 unspecified atom stereocenters. The Balaban J connectivity index is 1.41. The summed E-state index contributed by atoms with van der Waals surface area (Å²) in [6.07, 6.45) is 4.32. The first-order valence-electron chi connectivity index (χ1n) is 13.5. The lowest BCUT2D eigenvalue weighted by molar-refractivity contribution is -0.130. The van der Waals surface area contributed by atoms with Crippen molar-refractivity contribution in [3.8, 4) is 5.75 Å². The maximum atomic E-state index is 13.4. The van der Waals surface area contributed by atoms with Crippen LogP contribution in [-0.4, -0.2) is 53.8 Å². The molecule has 2 aromatic carbocycles. The fraction of sp³-hybridized carbons (Fsp3) is 0.387. The van der Waals surface area contributed by atoms with Crippen molar-refractivity contribution in [3.05, 3.63) is 59.3 Å². The van der Waals surface area contributed by atoms with Crippen LogP contribution in [0.2, 0.25) is 0 Å². The number of carbonyl (C=O) groups is 4. The standard InChI is InChI=1S/C31H36N4O5/c1-17(2)29(33-20(5)36)27(37)12-19(4)30(38)34-23-9-7-21(8-10-23)22-13-24-15-32-26-11-18(3)28(40-6)14-25(26)31(39)35(24)16-22/h7-11,14-17,19,24,29H,12-13H2,1-6H3,(H,33,36)(H,34,38)/t19-,24+,29?/m1/s1. The predicted octanol–water partition coefficient (Wildman–Crippen LogP) is 4.67. The fourth-order valence-electron chi connectivity index (χ4n) is 5.03. The number of anilines is 1. The van der Waals surface area contributed by atoms with Gasteiger partial charge in [0.15, 0.2) is 5.78 Å². The van der Waals surface area contributed by atoms with Gasteiger partial charge in [-0.25, -0.2) is 0 Å². The zero-order valence-corrected chi connectivity index (χ0v) is 23.8. The highest BCUT2D eigenvalue weighted by Crippen LogP contribution is 2.37. The molecule has 0 aliphatic carbocycles. The van der Waals surface area contributed by atoms with Gasteiger partial charge in [0.1, 0.15) is 5.75 Å². The second kappa shape index (κ2) is 11.9. The lowest BCUT2D eigenvalue weighted by atomic mass is 9.93.